The topological polar surface area (TPSA) is 88.8 Å². The highest BCUT2D eigenvalue weighted by Gasteiger charge is 2.42. The number of likely N-dealkylation sites (tertiary alicyclic amines) is 2. The Labute approximate surface area is 171 Å². The average Bonchev–Trinajstić information content (AvgIpc) is 3.13. The molecule has 8 heteroatoms. The normalized spacial score (nSPS) is 25.4. The van der Waals surface area contributed by atoms with E-state index in [1.165, 1.54) is 0 Å². The zero-order valence-corrected chi connectivity index (χ0v) is 17.6. The number of aromatic nitrogens is 2. The van der Waals surface area contributed by atoms with Crippen molar-refractivity contribution in [2.45, 2.75) is 64.4 Å². The maximum atomic E-state index is 13.0. The maximum Gasteiger partial charge on any atom is 0.226 e. The van der Waals surface area contributed by atoms with Crippen LogP contribution in [0.25, 0.3) is 0 Å². The van der Waals surface area contributed by atoms with Gasteiger partial charge in [0.15, 0.2) is 5.82 Å². The molecule has 0 N–H and O–H groups in total. The second kappa shape index (κ2) is 8.42. The summed E-state index contributed by atoms with van der Waals surface area (Å²) in [6.07, 6.45) is 6.16. The fourth-order valence-corrected chi connectivity index (χ4v) is 5.16. The Morgan fingerprint density at radius 3 is 2.45 bits per heavy atom. The highest BCUT2D eigenvalue weighted by Crippen LogP contribution is 2.39. The van der Waals surface area contributed by atoms with Gasteiger partial charge in [-0.25, -0.2) is 0 Å². The Hall–Kier alpha value is -1.96. The molecular weight excluding hydrogens is 372 g/mol. The van der Waals surface area contributed by atoms with E-state index in [9.17, 15) is 9.59 Å². The van der Waals surface area contributed by atoms with Crippen molar-refractivity contribution in [3.05, 3.63) is 11.7 Å². The van der Waals surface area contributed by atoms with E-state index in [1.54, 1.807) is 6.92 Å². The lowest BCUT2D eigenvalue weighted by Crippen LogP contribution is -2.53. The minimum atomic E-state index is -0.118. The fourth-order valence-electron chi connectivity index (χ4n) is 5.16. The van der Waals surface area contributed by atoms with Gasteiger partial charge >= 0.3 is 0 Å². The van der Waals surface area contributed by atoms with Gasteiger partial charge in [0, 0.05) is 52.0 Å². The minimum absolute atomic E-state index is 0.0560. The number of amides is 2. The lowest BCUT2D eigenvalue weighted by Gasteiger charge is -2.47. The number of hydrogen-bond donors (Lipinski definition) is 0. The standard InChI is InChI=1S/C21H32N4O4/c1-15-22-19(29-23-15)13-17-5-12-28-21(14-17)6-10-25(11-7-21)20(27)18-3-8-24(9-4-18)16(2)26/h17-18H,3-14H2,1-2H3. The lowest BCUT2D eigenvalue weighted by atomic mass is 9.78. The van der Waals surface area contributed by atoms with Crippen molar-refractivity contribution >= 4 is 11.8 Å². The highest BCUT2D eigenvalue weighted by molar-refractivity contribution is 5.80. The monoisotopic (exact) mass is 404 g/mol. The predicted octanol–water partition coefficient (Wildman–Crippen LogP) is 1.97. The number of ether oxygens (including phenoxy) is 1. The molecule has 1 spiro atoms. The van der Waals surface area contributed by atoms with Crippen molar-refractivity contribution in [2.24, 2.45) is 11.8 Å². The molecular formula is C21H32N4O4. The van der Waals surface area contributed by atoms with Crippen molar-refractivity contribution in [2.75, 3.05) is 32.8 Å². The van der Waals surface area contributed by atoms with E-state index in [0.717, 1.165) is 64.6 Å². The van der Waals surface area contributed by atoms with Crippen LogP contribution < -0.4 is 0 Å². The molecule has 1 atom stereocenters. The smallest absolute Gasteiger partial charge is 0.226 e. The Balaban J connectivity index is 1.28. The molecule has 3 aliphatic heterocycles. The van der Waals surface area contributed by atoms with Crippen molar-refractivity contribution in [3.8, 4) is 0 Å². The summed E-state index contributed by atoms with van der Waals surface area (Å²) in [6, 6.07) is 0. The minimum Gasteiger partial charge on any atom is -0.375 e. The van der Waals surface area contributed by atoms with E-state index < -0.39 is 0 Å². The van der Waals surface area contributed by atoms with Gasteiger partial charge in [0.05, 0.1) is 5.60 Å². The van der Waals surface area contributed by atoms with Crippen LogP contribution in [0.5, 0.6) is 0 Å². The van der Waals surface area contributed by atoms with Crippen LogP contribution in [0.15, 0.2) is 4.52 Å². The molecule has 0 radical (unpaired) electrons. The molecule has 0 saturated carbocycles. The van der Waals surface area contributed by atoms with Crippen molar-refractivity contribution in [1.29, 1.82) is 0 Å². The van der Waals surface area contributed by atoms with Gasteiger partial charge in [-0.15, -0.1) is 0 Å². The third-order valence-electron chi connectivity index (χ3n) is 6.90. The second-order valence-corrected chi connectivity index (χ2v) is 8.94. The average molecular weight is 405 g/mol. The van der Waals surface area contributed by atoms with Crippen LogP contribution in [-0.2, 0) is 20.7 Å². The number of carbonyl (C=O) groups excluding carboxylic acids is 2. The molecule has 1 aromatic rings. The van der Waals surface area contributed by atoms with Crippen LogP contribution in [0.1, 0.15) is 57.2 Å². The van der Waals surface area contributed by atoms with E-state index in [4.69, 9.17) is 9.26 Å². The summed E-state index contributed by atoms with van der Waals surface area (Å²) in [7, 11) is 0. The van der Waals surface area contributed by atoms with Gasteiger partial charge in [-0.3, -0.25) is 9.59 Å². The summed E-state index contributed by atoms with van der Waals surface area (Å²) < 4.78 is 11.5. The third kappa shape index (κ3) is 4.63. The highest BCUT2D eigenvalue weighted by atomic mass is 16.5. The molecule has 0 aliphatic carbocycles. The number of piperidine rings is 2. The van der Waals surface area contributed by atoms with Crippen molar-refractivity contribution < 1.29 is 18.8 Å². The van der Waals surface area contributed by atoms with Crippen LogP contribution in [0.3, 0.4) is 0 Å². The number of nitrogens with zero attached hydrogens (tertiary/aromatic N) is 4. The molecule has 3 aliphatic rings. The van der Waals surface area contributed by atoms with Gasteiger partial charge in [0.1, 0.15) is 0 Å². The molecule has 29 heavy (non-hydrogen) atoms. The SMILES string of the molecule is CC(=O)N1CCC(C(=O)N2CCC3(CC2)CC(Cc2nc(C)no2)CCO3)CC1. The van der Waals surface area contributed by atoms with E-state index in [1.807, 2.05) is 16.7 Å². The van der Waals surface area contributed by atoms with Gasteiger partial charge in [-0.1, -0.05) is 5.16 Å². The Morgan fingerprint density at radius 2 is 1.83 bits per heavy atom. The third-order valence-corrected chi connectivity index (χ3v) is 6.90. The number of aryl methyl sites for hydroxylation is 1. The first-order chi connectivity index (χ1) is 13.9. The summed E-state index contributed by atoms with van der Waals surface area (Å²) in [5.74, 6) is 2.31. The second-order valence-electron chi connectivity index (χ2n) is 8.94. The number of hydrogen-bond acceptors (Lipinski definition) is 6. The molecule has 0 bridgehead atoms. The largest absolute Gasteiger partial charge is 0.375 e. The molecule has 1 unspecified atom stereocenters. The molecule has 3 fully saturated rings. The fraction of sp³-hybridized carbons (Fsp3) is 0.810. The van der Waals surface area contributed by atoms with Crippen molar-refractivity contribution in [3.63, 3.8) is 0 Å². The van der Waals surface area contributed by atoms with Gasteiger partial charge < -0.3 is 19.1 Å². The van der Waals surface area contributed by atoms with Gasteiger partial charge in [0.2, 0.25) is 17.7 Å². The summed E-state index contributed by atoms with van der Waals surface area (Å²) >= 11 is 0. The Kier molecular flexibility index (Phi) is 5.90. The lowest BCUT2D eigenvalue weighted by molar-refractivity contribution is -0.152. The molecule has 4 rings (SSSR count). The van der Waals surface area contributed by atoms with Crippen LogP contribution >= 0.6 is 0 Å². The summed E-state index contributed by atoms with van der Waals surface area (Å²) in [6.45, 7) is 7.12. The summed E-state index contributed by atoms with van der Waals surface area (Å²) in [4.78, 5) is 32.7. The quantitative estimate of drug-likeness (QED) is 0.765. The Bertz CT molecular complexity index is 733. The Morgan fingerprint density at radius 1 is 1.10 bits per heavy atom. The molecule has 0 aromatic carbocycles. The summed E-state index contributed by atoms with van der Waals surface area (Å²) in [5.41, 5.74) is -0.118. The number of rotatable bonds is 3. The molecule has 4 heterocycles. The first kappa shape index (κ1) is 20.3. The molecule has 8 nitrogen and oxygen atoms in total. The van der Waals surface area contributed by atoms with E-state index in [0.29, 0.717) is 30.7 Å². The zero-order chi connectivity index (χ0) is 20.4. The zero-order valence-electron chi connectivity index (χ0n) is 17.6. The van der Waals surface area contributed by atoms with Crippen LogP contribution in [-0.4, -0.2) is 70.1 Å². The van der Waals surface area contributed by atoms with E-state index >= 15 is 0 Å². The van der Waals surface area contributed by atoms with Crippen molar-refractivity contribution in [1.82, 2.24) is 19.9 Å². The molecule has 2 amide bonds. The van der Waals surface area contributed by atoms with Crippen LogP contribution in [0.4, 0.5) is 0 Å². The number of carbonyl (C=O) groups is 2. The molecule has 160 valence electrons. The van der Waals surface area contributed by atoms with Crippen LogP contribution in [0, 0.1) is 18.8 Å². The van der Waals surface area contributed by atoms with Gasteiger partial charge in [-0.2, -0.15) is 4.98 Å². The first-order valence-electron chi connectivity index (χ1n) is 10.9. The molecule has 1 aromatic heterocycles. The van der Waals surface area contributed by atoms with Gasteiger partial charge in [-0.05, 0) is 51.4 Å². The summed E-state index contributed by atoms with van der Waals surface area (Å²) in [5, 5.41) is 3.89. The molecule has 3 saturated heterocycles. The van der Waals surface area contributed by atoms with Gasteiger partial charge in [0.25, 0.3) is 0 Å². The van der Waals surface area contributed by atoms with Crippen LogP contribution in [0.2, 0.25) is 0 Å². The van der Waals surface area contributed by atoms with E-state index in [-0.39, 0.29) is 23.3 Å². The van der Waals surface area contributed by atoms with E-state index in [2.05, 4.69) is 10.1 Å². The maximum absolute atomic E-state index is 13.0. The predicted molar refractivity (Wildman–Crippen MR) is 105 cm³/mol. The first-order valence-corrected chi connectivity index (χ1v) is 10.9.